The van der Waals surface area contributed by atoms with Gasteiger partial charge in [-0.25, -0.2) is 0 Å². The first-order chi connectivity index (χ1) is 8.71. The minimum Gasteiger partial charge on any atom is -0.496 e. The van der Waals surface area contributed by atoms with Gasteiger partial charge in [-0.3, -0.25) is 0 Å². The summed E-state index contributed by atoms with van der Waals surface area (Å²) in [6.07, 6.45) is 1.99. The van der Waals surface area contributed by atoms with E-state index in [1.807, 2.05) is 6.07 Å². The zero-order valence-corrected chi connectivity index (χ0v) is 11.7. The van der Waals surface area contributed by atoms with Crippen molar-refractivity contribution in [3.05, 3.63) is 29.3 Å². The second-order valence-electron chi connectivity index (χ2n) is 4.72. The molecule has 1 unspecified atom stereocenters. The predicted octanol–water partition coefficient (Wildman–Crippen LogP) is 2.50. The highest BCUT2D eigenvalue weighted by Gasteiger charge is 2.05. The van der Waals surface area contributed by atoms with Crippen molar-refractivity contribution in [2.45, 2.75) is 33.2 Å². The van der Waals surface area contributed by atoms with Crippen LogP contribution in [-0.2, 0) is 6.54 Å². The molecular weight excluding hydrogens is 226 g/mol. The van der Waals surface area contributed by atoms with Crippen molar-refractivity contribution in [3.63, 3.8) is 0 Å². The van der Waals surface area contributed by atoms with Crippen molar-refractivity contribution in [1.82, 2.24) is 5.32 Å². The standard InChI is InChI=1S/C15H25NO2/c1-4-13(7-8-17)10-16-11-14-5-6-15(18-3)12(2)9-14/h5-6,9,13,16-17H,4,7-8,10-11H2,1-3H3. The van der Waals surface area contributed by atoms with Crippen LogP contribution in [0, 0.1) is 12.8 Å². The lowest BCUT2D eigenvalue weighted by Gasteiger charge is -2.14. The van der Waals surface area contributed by atoms with Gasteiger partial charge < -0.3 is 15.2 Å². The third-order valence-electron chi connectivity index (χ3n) is 3.34. The van der Waals surface area contributed by atoms with Gasteiger partial charge in [0.25, 0.3) is 0 Å². The third-order valence-corrected chi connectivity index (χ3v) is 3.34. The summed E-state index contributed by atoms with van der Waals surface area (Å²) in [4.78, 5) is 0. The minimum absolute atomic E-state index is 0.280. The van der Waals surface area contributed by atoms with Crippen LogP contribution in [0.3, 0.4) is 0 Å². The minimum atomic E-state index is 0.280. The third kappa shape index (κ3) is 4.67. The summed E-state index contributed by atoms with van der Waals surface area (Å²) < 4.78 is 5.24. The fraction of sp³-hybridized carbons (Fsp3) is 0.600. The Balaban J connectivity index is 2.41. The van der Waals surface area contributed by atoms with Gasteiger partial charge in [-0.15, -0.1) is 0 Å². The van der Waals surface area contributed by atoms with Gasteiger partial charge in [0.05, 0.1) is 7.11 Å². The van der Waals surface area contributed by atoms with Gasteiger partial charge in [-0.05, 0) is 43.0 Å². The largest absolute Gasteiger partial charge is 0.496 e. The van der Waals surface area contributed by atoms with Crippen molar-refractivity contribution in [1.29, 1.82) is 0 Å². The summed E-state index contributed by atoms with van der Waals surface area (Å²) in [6.45, 7) is 6.33. The van der Waals surface area contributed by atoms with E-state index in [2.05, 4.69) is 31.3 Å². The van der Waals surface area contributed by atoms with Crippen molar-refractivity contribution in [2.24, 2.45) is 5.92 Å². The lowest BCUT2D eigenvalue weighted by atomic mass is 10.0. The summed E-state index contributed by atoms with van der Waals surface area (Å²) in [7, 11) is 1.70. The van der Waals surface area contributed by atoms with Gasteiger partial charge in [0, 0.05) is 13.2 Å². The van der Waals surface area contributed by atoms with E-state index in [1.54, 1.807) is 7.11 Å². The van der Waals surface area contributed by atoms with Crippen LogP contribution in [-0.4, -0.2) is 25.4 Å². The summed E-state index contributed by atoms with van der Waals surface area (Å²) >= 11 is 0. The predicted molar refractivity (Wildman–Crippen MR) is 74.9 cm³/mol. The summed E-state index contributed by atoms with van der Waals surface area (Å²) in [5, 5.41) is 12.4. The SMILES string of the molecule is CCC(CCO)CNCc1ccc(OC)c(C)c1. The van der Waals surface area contributed by atoms with Gasteiger partial charge >= 0.3 is 0 Å². The molecule has 18 heavy (non-hydrogen) atoms. The summed E-state index contributed by atoms with van der Waals surface area (Å²) in [6, 6.07) is 6.25. The molecular formula is C15H25NO2. The molecule has 0 radical (unpaired) electrons. The average molecular weight is 251 g/mol. The maximum Gasteiger partial charge on any atom is 0.121 e. The molecule has 0 fully saturated rings. The number of aliphatic hydroxyl groups excluding tert-OH is 1. The van der Waals surface area contributed by atoms with E-state index in [4.69, 9.17) is 9.84 Å². The molecule has 0 aliphatic heterocycles. The van der Waals surface area contributed by atoms with Crippen LogP contribution in [0.4, 0.5) is 0 Å². The van der Waals surface area contributed by atoms with Gasteiger partial charge in [0.15, 0.2) is 0 Å². The van der Waals surface area contributed by atoms with Gasteiger partial charge in [0.2, 0.25) is 0 Å². The zero-order valence-electron chi connectivity index (χ0n) is 11.7. The first-order valence-electron chi connectivity index (χ1n) is 6.66. The molecule has 0 aromatic heterocycles. The molecule has 0 spiro atoms. The normalized spacial score (nSPS) is 12.4. The second-order valence-corrected chi connectivity index (χ2v) is 4.72. The maximum absolute atomic E-state index is 8.94. The Morgan fingerprint density at radius 1 is 1.39 bits per heavy atom. The Hall–Kier alpha value is -1.06. The number of rotatable bonds is 8. The highest BCUT2D eigenvalue weighted by molar-refractivity contribution is 5.36. The van der Waals surface area contributed by atoms with E-state index in [9.17, 15) is 0 Å². The van der Waals surface area contributed by atoms with Crippen molar-refractivity contribution < 1.29 is 9.84 Å². The number of hydrogen-bond acceptors (Lipinski definition) is 3. The van der Waals surface area contributed by atoms with Gasteiger partial charge in [-0.2, -0.15) is 0 Å². The van der Waals surface area contributed by atoms with Gasteiger partial charge in [0.1, 0.15) is 5.75 Å². The van der Waals surface area contributed by atoms with Crippen LogP contribution in [0.2, 0.25) is 0 Å². The van der Waals surface area contributed by atoms with E-state index >= 15 is 0 Å². The monoisotopic (exact) mass is 251 g/mol. The molecule has 2 N–H and O–H groups in total. The molecule has 3 heteroatoms. The van der Waals surface area contributed by atoms with Gasteiger partial charge in [-0.1, -0.05) is 25.5 Å². The van der Waals surface area contributed by atoms with Crippen LogP contribution >= 0.6 is 0 Å². The lowest BCUT2D eigenvalue weighted by molar-refractivity contribution is 0.251. The van der Waals surface area contributed by atoms with Crippen LogP contribution in [0.1, 0.15) is 30.9 Å². The number of methoxy groups -OCH3 is 1. The average Bonchev–Trinajstić information content (AvgIpc) is 2.38. The zero-order chi connectivity index (χ0) is 13.4. The van der Waals surface area contributed by atoms with E-state index in [1.165, 1.54) is 11.1 Å². The molecule has 0 aliphatic rings. The molecule has 0 aliphatic carbocycles. The summed E-state index contributed by atoms with van der Waals surface area (Å²) in [5.74, 6) is 1.50. The number of benzene rings is 1. The fourth-order valence-electron chi connectivity index (χ4n) is 2.10. The first kappa shape index (κ1) is 15.0. The molecule has 1 atom stereocenters. The molecule has 0 amide bonds. The fourth-order valence-corrected chi connectivity index (χ4v) is 2.10. The topological polar surface area (TPSA) is 41.5 Å². The molecule has 1 aromatic rings. The van der Waals surface area contributed by atoms with Crippen LogP contribution in [0.15, 0.2) is 18.2 Å². The van der Waals surface area contributed by atoms with E-state index in [0.29, 0.717) is 5.92 Å². The molecule has 0 saturated heterocycles. The number of aryl methyl sites for hydroxylation is 1. The highest BCUT2D eigenvalue weighted by Crippen LogP contribution is 2.18. The highest BCUT2D eigenvalue weighted by atomic mass is 16.5. The number of ether oxygens (including phenoxy) is 1. The van der Waals surface area contributed by atoms with Crippen LogP contribution in [0.5, 0.6) is 5.75 Å². The summed E-state index contributed by atoms with van der Waals surface area (Å²) in [5.41, 5.74) is 2.44. The maximum atomic E-state index is 8.94. The Morgan fingerprint density at radius 2 is 2.17 bits per heavy atom. The molecule has 0 bridgehead atoms. The molecule has 0 heterocycles. The van der Waals surface area contributed by atoms with Crippen LogP contribution < -0.4 is 10.1 Å². The molecule has 1 aromatic carbocycles. The molecule has 1 rings (SSSR count). The second kappa shape index (κ2) is 8.11. The van der Waals surface area contributed by atoms with E-state index in [0.717, 1.165) is 31.7 Å². The Morgan fingerprint density at radius 3 is 2.72 bits per heavy atom. The first-order valence-corrected chi connectivity index (χ1v) is 6.66. The molecule has 102 valence electrons. The Labute approximate surface area is 110 Å². The number of aliphatic hydroxyl groups is 1. The quantitative estimate of drug-likeness (QED) is 0.746. The lowest BCUT2D eigenvalue weighted by Crippen LogP contribution is -2.22. The van der Waals surface area contributed by atoms with E-state index < -0.39 is 0 Å². The molecule has 3 nitrogen and oxygen atoms in total. The smallest absolute Gasteiger partial charge is 0.121 e. The van der Waals surface area contributed by atoms with Crippen molar-refractivity contribution in [2.75, 3.05) is 20.3 Å². The van der Waals surface area contributed by atoms with Crippen LogP contribution in [0.25, 0.3) is 0 Å². The molecule has 0 saturated carbocycles. The Kier molecular flexibility index (Phi) is 6.76. The van der Waals surface area contributed by atoms with Crippen molar-refractivity contribution >= 4 is 0 Å². The van der Waals surface area contributed by atoms with E-state index in [-0.39, 0.29) is 6.61 Å². The number of hydrogen-bond donors (Lipinski definition) is 2. The number of nitrogens with one attached hydrogen (secondary N) is 1. The van der Waals surface area contributed by atoms with Crippen molar-refractivity contribution in [3.8, 4) is 5.75 Å². The Bertz CT molecular complexity index is 352.